The highest BCUT2D eigenvalue weighted by atomic mass is 35.5. The molecule has 2 N–H and O–H groups in total. The fourth-order valence-corrected chi connectivity index (χ4v) is 2.32. The summed E-state index contributed by atoms with van der Waals surface area (Å²) in [6.45, 7) is -0.676. The maximum atomic E-state index is 12.3. The molecule has 0 bridgehead atoms. The van der Waals surface area contributed by atoms with Crippen LogP contribution < -0.4 is 10.5 Å². The molecule has 0 radical (unpaired) electrons. The van der Waals surface area contributed by atoms with E-state index in [0.717, 1.165) is 19.5 Å². The van der Waals surface area contributed by atoms with Gasteiger partial charge in [0.2, 0.25) is 0 Å². The lowest BCUT2D eigenvalue weighted by Gasteiger charge is -2.18. The third kappa shape index (κ3) is 4.76. The van der Waals surface area contributed by atoms with E-state index in [1.165, 1.54) is 6.07 Å². The van der Waals surface area contributed by atoms with Crippen LogP contribution >= 0.6 is 24.0 Å². The highest BCUT2D eigenvalue weighted by Gasteiger charge is 2.21. The SMILES string of the molecule is Cl.N[C@@H]1CCN(Cc2cc(Cl)ccc2OC(F)F)C1. The smallest absolute Gasteiger partial charge is 0.387 e. The van der Waals surface area contributed by atoms with E-state index in [2.05, 4.69) is 9.64 Å². The lowest BCUT2D eigenvalue weighted by molar-refractivity contribution is -0.0507. The first-order valence-electron chi connectivity index (χ1n) is 5.76. The Morgan fingerprint density at radius 2 is 2.21 bits per heavy atom. The summed E-state index contributed by atoms with van der Waals surface area (Å²) in [6.07, 6.45) is 0.922. The molecule has 0 spiro atoms. The molecule has 0 aliphatic carbocycles. The van der Waals surface area contributed by atoms with Crippen molar-refractivity contribution in [2.75, 3.05) is 13.1 Å². The third-order valence-electron chi connectivity index (χ3n) is 2.94. The Hall–Kier alpha value is -0.620. The van der Waals surface area contributed by atoms with Crippen molar-refractivity contribution >= 4 is 24.0 Å². The van der Waals surface area contributed by atoms with Gasteiger partial charge in [0.25, 0.3) is 0 Å². The Bertz CT molecular complexity index is 421. The first-order valence-corrected chi connectivity index (χ1v) is 6.13. The van der Waals surface area contributed by atoms with Gasteiger partial charge in [-0.3, -0.25) is 4.90 Å². The summed E-state index contributed by atoms with van der Waals surface area (Å²) in [4.78, 5) is 2.11. The van der Waals surface area contributed by atoms with Crippen LogP contribution in [0.1, 0.15) is 12.0 Å². The molecule has 0 aromatic heterocycles. The normalized spacial score (nSPS) is 19.5. The number of ether oxygens (including phenoxy) is 1. The van der Waals surface area contributed by atoms with Gasteiger partial charge in [0.15, 0.2) is 0 Å². The highest BCUT2D eigenvalue weighted by molar-refractivity contribution is 6.30. The molecule has 1 fully saturated rings. The molecule has 1 saturated heterocycles. The van der Waals surface area contributed by atoms with Crippen molar-refractivity contribution in [2.45, 2.75) is 25.6 Å². The number of likely N-dealkylation sites (tertiary alicyclic amines) is 1. The Morgan fingerprint density at radius 3 is 2.79 bits per heavy atom. The fourth-order valence-electron chi connectivity index (χ4n) is 2.13. The van der Waals surface area contributed by atoms with E-state index in [1.807, 2.05) is 0 Å². The number of benzene rings is 1. The standard InChI is InChI=1S/C12H15ClF2N2O.ClH/c13-9-1-2-11(18-12(14)15)8(5-9)6-17-4-3-10(16)7-17;/h1-2,5,10,12H,3-4,6-7,16H2;1H/t10-;/m1./s1. The van der Waals surface area contributed by atoms with Gasteiger partial charge in [-0.25, -0.2) is 0 Å². The molecular formula is C12H16Cl2F2N2O. The van der Waals surface area contributed by atoms with Gasteiger partial charge in [-0.2, -0.15) is 8.78 Å². The molecule has 0 unspecified atom stereocenters. The summed E-state index contributed by atoms with van der Waals surface area (Å²) in [5.41, 5.74) is 6.47. The van der Waals surface area contributed by atoms with Crippen molar-refractivity contribution in [1.82, 2.24) is 4.90 Å². The minimum absolute atomic E-state index is 0. The molecule has 0 saturated carbocycles. The summed E-state index contributed by atoms with van der Waals surface area (Å²) >= 11 is 5.88. The van der Waals surface area contributed by atoms with Gasteiger partial charge in [0.05, 0.1) is 0 Å². The van der Waals surface area contributed by atoms with Crippen LogP contribution in [0.5, 0.6) is 5.75 Å². The molecule has 1 aromatic carbocycles. The predicted molar refractivity (Wildman–Crippen MR) is 73.2 cm³/mol. The maximum Gasteiger partial charge on any atom is 0.387 e. The maximum absolute atomic E-state index is 12.3. The van der Waals surface area contributed by atoms with Crippen molar-refractivity contribution < 1.29 is 13.5 Å². The van der Waals surface area contributed by atoms with Crippen LogP contribution in [0.15, 0.2) is 18.2 Å². The second kappa shape index (κ2) is 7.24. The van der Waals surface area contributed by atoms with Gasteiger partial charge in [0, 0.05) is 36.3 Å². The number of hydrogen-bond donors (Lipinski definition) is 1. The lowest BCUT2D eigenvalue weighted by Crippen LogP contribution is -2.26. The highest BCUT2D eigenvalue weighted by Crippen LogP contribution is 2.26. The van der Waals surface area contributed by atoms with Gasteiger partial charge in [-0.1, -0.05) is 11.6 Å². The lowest BCUT2D eigenvalue weighted by atomic mass is 10.2. The first-order chi connectivity index (χ1) is 8.54. The number of nitrogens with zero attached hydrogens (tertiary/aromatic N) is 1. The Morgan fingerprint density at radius 1 is 1.47 bits per heavy atom. The van der Waals surface area contributed by atoms with E-state index in [0.29, 0.717) is 17.1 Å². The molecule has 1 aliphatic rings. The summed E-state index contributed by atoms with van der Waals surface area (Å²) in [7, 11) is 0. The average Bonchev–Trinajstić information content (AvgIpc) is 2.67. The number of alkyl halides is 2. The number of hydrogen-bond acceptors (Lipinski definition) is 3. The Balaban J connectivity index is 0.00000180. The number of halogens is 4. The Labute approximate surface area is 122 Å². The topological polar surface area (TPSA) is 38.5 Å². The molecule has 7 heteroatoms. The number of rotatable bonds is 4. The zero-order chi connectivity index (χ0) is 13.1. The molecule has 2 rings (SSSR count). The van der Waals surface area contributed by atoms with Gasteiger partial charge < -0.3 is 10.5 Å². The van der Waals surface area contributed by atoms with Crippen LogP contribution in [0.4, 0.5) is 8.78 Å². The molecule has 19 heavy (non-hydrogen) atoms. The quantitative estimate of drug-likeness (QED) is 0.929. The second-order valence-corrected chi connectivity index (χ2v) is 4.85. The molecule has 1 atom stereocenters. The summed E-state index contributed by atoms with van der Waals surface area (Å²) < 4.78 is 29.1. The second-order valence-electron chi connectivity index (χ2n) is 4.41. The van der Waals surface area contributed by atoms with E-state index in [4.69, 9.17) is 17.3 Å². The van der Waals surface area contributed by atoms with Crippen LogP contribution in [0.25, 0.3) is 0 Å². The van der Waals surface area contributed by atoms with Crippen molar-refractivity contribution in [2.24, 2.45) is 5.73 Å². The molecule has 1 heterocycles. The van der Waals surface area contributed by atoms with Gasteiger partial charge in [-0.05, 0) is 24.6 Å². The monoisotopic (exact) mass is 312 g/mol. The van der Waals surface area contributed by atoms with Crippen LogP contribution in [0.2, 0.25) is 5.02 Å². The van der Waals surface area contributed by atoms with Gasteiger partial charge in [-0.15, -0.1) is 12.4 Å². The van der Waals surface area contributed by atoms with Crippen LogP contribution in [0.3, 0.4) is 0 Å². The molecule has 108 valence electrons. The van der Waals surface area contributed by atoms with Crippen LogP contribution in [-0.4, -0.2) is 30.6 Å². The molecular weight excluding hydrogens is 297 g/mol. The van der Waals surface area contributed by atoms with Gasteiger partial charge >= 0.3 is 6.61 Å². The van der Waals surface area contributed by atoms with Crippen molar-refractivity contribution in [3.63, 3.8) is 0 Å². The summed E-state index contributed by atoms with van der Waals surface area (Å²) in [6, 6.07) is 4.82. The van der Waals surface area contributed by atoms with E-state index in [-0.39, 0.29) is 24.2 Å². The minimum atomic E-state index is -2.83. The molecule has 1 aliphatic heterocycles. The largest absolute Gasteiger partial charge is 0.434 e. The van der Waals surface area contributed by atoms with Gasteiger partial charge in [0.1, 0.15) is 5.75 Å². The van der Waals surface area contributed by atoms with E-state index in [9.17, 15) is 8.78 Å². The first kappa shape index (κ1) is 16.4. The van der Waals surface area contributed by atoms with E-state index < -0.39 is 6.61 Å². The van der Waals surface area contributed by atoms with Crippen molar-refractivity contribution in [1.29, 1.82) is 0 Å². The summed E-state index contributed by atoms with van der Waals surface area (Å²) in [5, 5.41) is 0.509. The van der Waals surface area contributed by atoms with Crippen molar-refractivity contribution in [3.05, 3.63) is 28.8 Å². The summed E-state index contributed by atoms with van der Waals surface area (Å²) in [5.74, 6) is 0.176. The van der Waals surface area contributed by atoms with Crippen molar-refractivity contribution in [3.8, 4) is 5.75 Å². The number of nitrogens with two attached hydrogens (primary N) is 1. The molecule has 1 aromatic rings. The average molecular weight is 313 g/mol. The van der Waals surface area contributed by atoms with Crippen LogP contribution in [-0.2, 0) is 6.54 Å². The minimum Gasteiger partial charge on any atom is -0.434 e. The molecule has 0 amide bonds. The van der Waals surface area contributed by atoms with E-state index in [1.54, 1.807) is 12.1 Å². The van der Waals surface area contributed by atoms with E-state index >= 15 is 0 Å². The van der Waals surface area contributed by atoms with Crippen LogP contribution in [0, 0.1) is 0 Å². The fraction of sp³-hybridized carbons (Fsp3) is 0.500. The molecule has 3 nitrogen and oxygen atoms in total. The third-order valence-corrected chi connectivity index (χ3v) is 3.18. The predicted octanol–water partition coefficient (Wildman–Crippen LogP) is 2.90. The zero-order valence-electron chi connectivity index (χ0n) is 10.2. The Kier molecular flexibility index (Phi) is 6.26. The zero-order valence-corrected chi connectivity index (χ0v) is 11.8.